The van der Waals surface area contributed by atoms with E-state index in [4.69, 9.17) is 4.42 Å². The van der Waals surface area contributed by atoms with E-state index in [0.29, 0.717) is 16.8 Å². The van der Waals surface area contributed by atoms with Crippen LogP contribution in [-0.2, 0) is 11.3 Å². The molecule has 0 aliphatic heterocycles. The number of rotatable bonds is 4. The quantitative estimate of drug-likeness (QED) is 0.622. The highest BCUT2D eigenvalue weighted by atomic mass is 16.4. The number of benzene rings is 2. The molecule has 6 heteroatoms. The number of aromatic nitrogens is 2. The number of fused-ring (bicyclic) bond motifs is 2. The van der Waals surface area contributed by atoms with Gasteiger partial charge in [-0.3, -0.25) is 14.3 Å². The SMILES string of the molecule is O=C(CCn1c(=O)oc2ccccc21)Nc1cccc2cccnc12. The van der Waals surface area contributed by atoms with Crippen molar-refractivity contribution >= 4 is 33.6 Å². The Bertz CT molecular complexity index is 1120. The van der Waals surface area contributed by atoms with E-state index in [9.17, 15) is 9.59 Å². The number of carbonyl (C=O) groups excluding carboxylic acids is 1. The highest BCUT2D eigenvalue weighted by molar-refractivity contribution is 6.00. The Balaban J connectivity index is 1.52. The summed E-state index contributed by atoms with van der Waals surface area (Å²) in [4.78, 5) is 28.6. The fourth-order valence-electron chi connectivity index (χ4n) is 2.86. The molecule has 0 atom stereocenters. The summed E-state index contributed by atoms with van der Waals surface area (Å²) in [6.07, 6.45) is 1.85. The van der Waals surface area contributed by atoms with Gasteiger partial charge in [-0.2, -0.15) is 0 Å². The van der Waals surface area contributed by atoms with E-state index in [1.54, 1.807) is 24.4 Å². The van der Waals surface area contributed by atoms with E-state index in [2.05, 4.69) is 10.3 Å². The normalized spacial score (nSPS) is 11.0. The summed E-state index contributed by atoms with van der Waals surface area (Å²) < 4.78 is 6.64. The molecule has 0 unspecified atom stereocenters. The molecule has 0 aliphatic rings. The number of hydrogen-bond donors (Lipinski definition) is 1. The molecule has 0 bridgehead atoms. The number of carbonyl (C=O) groups is 1. The number of nitrogens with one attached hydrogen (secondary N) is 1. The van der Waals surface area contributed by atoms with E-state index < -0.39 is 5.76 Å². The zero-order chi connectivity index (χ0) is 17.2. The lowest BCUT2D eigenvalue weighted by Crippen LogP contribution is -2.20. The van der Waals surface area contributed by atoms with Gasteiger partial charge in [-0.05, 0) is 24.3 Å². The number of nitrogens with zero attached hydrogens (tertiary/aromatic N) is 2. The first kappa shape index (κ1) is 15.1. The number of oxazole rings is 1. The Labute approximate surface area is 142 Å². The average molecular weight is 333 g/mol. The molecule has 0 spiro atoms. The molecule has 0 aliphatic carbocycles. The van der Waals surface area contributed by atoms with Crippen LogP contribution in [0.2, 0.25) is 0 Å². The van der Waals surface area contributed by atoms with Gasteiger partial charge in [0.25, 0.3) is 0 Å². The zero-order valence-corrected chi connectivity index (χ0v) is 13.3. The van der Waals surface area contributed by atoms with Crippen LogP contribution >= 0.6 is 0 Å². The Hall–Kier alpha value is -3.41. The average Bonchev–Trinajstić information content (AvgIpc) is 2.95. The lowest BCUT2D eigenvalue weighted by atomic mass is 10.2. The monoisotopic (exact) mass is 333 g/mol. The summed E-state index contributed by atoms with van der Waals surface area (Å²) in [7, 11) is 0. The Morgan fingerprint density at radius 3 is 2.84 bits per heavy atom. The van der Waals surface area contributed by atoms with Crippen LogP contribution in [0, 0.1) is 0 Å². The fraction of sp³-hybridized carbons (Fsp3) is 0.105. The zero-order valence-electron chi connectivity index (χ0n) is 13.3. The van der Waals surface area contributed by atoms with Gasteiger partial charge in [-0.15, -0.1) is 0 Å². The summed E-state index contributed by atoms with van der Waals surface area (Å²) in [5.74, 6) is -0.642. The number of aryl methyl sites for hydroxylation is 1. The van der Waals surface area contributed by atoms with Gasteiger partial charge in [0, 0.05) is 24.5 Å². The largest absolute Gasteiger partial charge is 0.419 e. The summed E-state index contributed by atoms with van der Waals surface area (Å²) >= 11 is 0. The molecule has 124 valence electrons. The van der Waals surface area contributed by atoms with Crippen LogP contribution in [0.4, 0.5) is 5.69 Å². The first-order valence-corrected chi connectivity index (χ1v) is 7.94. The summed E-state index contributed by atoms with van der Waals surface area (Å²) in [6, 6.07) is 16.6. The molecular formula is C19H15N3O3. The van der Waals surface area contributed by atoms with Crippen molar-refractivity contribution < 1.29 is 9.21 Å². The second-order valence-electron chi connectivity index (χ2n) is 5.67. The van der Waals surface area contributed by atoms with Crippen molar-refractivity contribution in [2.45, 2.75) is 13.0 Å². The molecular weight excluding hydrogens is 318 g/mol. The van der Waals surface area contributed by atoms with Gasteiger partial charge in [0.2, 0.25) is 5.91 Å². The molecule has 0 saturated heterocycles. The third-order valence-electron chi connectivity index (χ3n) is 4.04. The van der Waals surface area contributed by atoms with E-state index >= 15 is 0 Å². The van der Waals surface area contributed by atoms with Crippen LogP contribution in [0.3, 0.4) is 0 Å². The maximum atomic E-state index is 12.3. The highest BCUT2D eigenvalue weighted by Crippen LogP contribution is 2.21. The molecule has 0 radical (unpaired) electrons. The minimum Gasteiger partial charge on any atom is -0.408 e. The predicted octanol–water partition coefficient (Wildman–Crippen LogP) is 3.17. The van der Waals surface area contributed by atoms with Gasteiger partial charge in [0.15, 0.2) is 5.58 Å². The molecule has 2 aromatic carbocycles. The van der Waals surface area contributed by atoms with Crippen LogP contribution in [0.5, 0.6) is 0 Å². The molecule has 1 amide bonds. The number of anilines is 1. The van der Waals surface area contributed by atoms with E-state index in [1.807, 2.05) is 36.4 Å². The lowest BCUT2D eigenvalue weighted by Gasteiger charge is -2.08. The third kappa shape index (κ3) is 2.89. The molecule has 2 heterocycles. The Morgan fingerprint density at radius 1 is 1.08 bits per heavy atom. The fourth-order valence-corrected chi connectivity index (χ4v) is 2.86. The molecule has 2 aromatic heterocycles. The summed E-state index contributed by atoms with van der Waals surface area (Å²) in [5, 5.41) is 3.82. The van der Waals surface area contributed by atoms with Gasteiger partial charge in [0.05, 0.1) is 16.7 Å². The van der Waals surface area contributed by atoms with Crippen LogP contribution < -0.4 is 11.1 Å². The molecule has 6 nitrogen and oxygen atoms in total. The van der Waals surface area contributed by atoms with E-state index in [-0.39, 0.29) is 18.9 Å². The standard InChI is InChI=1S/C19H15N3O3/c23-17(21-14-7-3-5-13-6-4-11-20-18(13)14)10-12-22-15-8-1-2-9-16(15)25-19(22)24/h1-9,11H,10,12H2,(H,21,23). The van der Waals surface area contributed by atoms with Crippen LogP contribution in [0.15, 0.2) is 70.0 Å². The number of pyridine rings is 1. The van der Waals surface area contributed by atoms with Crippen molar-refractivity contribution in [1.29, 1.82) is 0 Å². The second kappa shape index (κ2) is 6.24. The van der Waals surface area contributed by atoms with Gasteiger partial charge < -0.3 is 9.73 Å². The van der Waals surface area contributed by atoms with Crippen LogP contribution in [0.25, 0.3) is 22.0 Å². The van der Waals surface area contributed by atoms with Crippen molar-refractivity contribution in [3.8, 4) is 0 Å². The van der Waals surface area contributed by atoms with Crippen molar-refractivity contribution in [2.75, 3.05) is 5.32 Å². The Kier molecular flexibility index (Phi) is 3.78. The van der Waals surface area contributed by atoms with Gasteiger partial charge >= 0.3 is 5.76 Å². The molecule has 4 aromatic rings. The third-order valence-corrected chi connectivity index (χ3v) is 4.04. The summed E-state index contributed by atoms with van der Waals surface area (Å²) in [6.45, 7) is 0.250. The minimum atomic E-state index is -0.458. The topological polar surface area (TPSA) is 77.1 Å². The van der Waals surface area contributed by atoms with Crippen molar-refractivity contribution in [2.24, 2.45) is 0 Å². The predicted molar refractivity (Wildman–Crippen MR) is 95.5 cm³/mol. The number of hydrogen-bond acceptors (Lipinski definition) is 4. The van der Waals surface area contributed by atoms with Gasteiger partial charge in [-0.1, -0.05) is 30.3 Å². The molecule has 25 heavy (non-hydrogen) atoms. The van der Waals surface area contributed by atoms with Crippen molar-refractivity contribution in [3.63, 3.8) is 0 Å². The highest BCUT2D eigenvalue weighted by Gasteiger charge is 2.11. The maximum Gasteiger partial charge on any atom is 0.419 e. The van der Waals surface area contributed by atoms with Crippen molar-refractivity contribution in [1.82, 2.24) is 9.55 Å². The van der Waals surface area contributed by atoms with E-state index in [0.717, 1.165) is 10.9 Å². The Morgan fingerprint density at radius 2 is 1.92 bits per heavy atom. The maximum absolute atomic E-state index is 12.3. The second-order valence-corrected chi connectivity index (χ2v) is 5.67. The van der Waals surface area contributed by atoms with Crippen molar-refractivity contribution in [3.05, 3.63) is 71.3 Å². The van der Waals surface area contributed by atoms with Crippen LogP contribution in [0.1, 0.15) is 6.42 Å². The van der Waals surface area contributed by atoms with Gasteiger partial charge in [0.1, 0.15) is 0 Å². The summed E-state index contributed by atoms with van der Waals surface area (Å²) in [5.41, 5.74) is 2.61. The molecule has 4 rings (SSSR count). The molecule has 0 fully saturated rings. The van der Waals surface area contributed by atoms with Crippen LogP contribution in [-0.4, -0.2) is 15.5 Å². The molecule has 0 saturated carbocycles. The van der Waals surface area contributed by atoms with Gasteiger partial charge in [-0.25, -0.2) is 4.79 Å². The smallest absolute Gasteiger partial charge is 0.408 e. The van der Waals surface area contributed by atoms with E-state index in [1.165, 1.54) is 4.57 Å². The first-order valence-electron chi connectivity index (χ1n) is 7.94. The number of amides is 1. The number of para-hydroxylation sites is 3. The minimum absolute atomic E-state index is 0.159. The lowest BCUT2D eigenvalue weighted by molar-refractivity contribution is -0.116. The molecule has 1 N–H and O–H groups in total. The first-order chi connectivity index (χ1) is 12.2.